The molecular weight excluding hydrogens is 1190 g/mol. The van der Waals surface area contributed by atoms with E-state index in [2.05, 4.69) is 147 Å². The number of aryl methyl sites for hydroxylation is 2. The van der Waals surface area contributed by atoms with E-state index in [-0.39, 0.29) is 20.1 Å². The van der Waals surface area contributed by atoms with Crippen molar-refractivity contribution in [3.8, 4) is 56.3 Å². The van der Waals surface area contributed by atoms with Crippen molar-refractivity contribution in [2.45, 2.75) is 170 Å². The van der Waals surface area contributed by atoms with Crippen LogP contribution in [0.3, 0.4) is 0 Å². The molecule has 0 aliphatic rings. The Balaban J connectivity index is 0.000000630. The number of pyridine rings is 2. The van der Waals surface area contributed by atoms with E-state index in [1.165, 1.54) is 127 Å². The van der Waals surface area contributed by atoms with Gasteiger partial charge in [-0.2, -0.15) is 0 Å². The summed E-state index contributed by atoms with van der Waals surface area (Å²) >= 11 is 0. The Morgan fingerprint density at radius 3 is 0.936 bits per heavy atom. The molecule has 0 atom stereocenters. The SMILES string of the molecule is CC=[N-].CC=[N-].CCCCCCCCCCCCOc1ccc(-c2ccc(-c3[c-]cc(C)cc3)nc2)cc1.CCCCCCCCCCCCOc1ccc(-c2ccc(-c3[c-]cc(C)cc3)nc2)cc1.F[P-](F)(F)(F)(F)F.[Ir]. The first kappa shape index (κ1) is 70.8. The van der Waals surface area contributed by atoms with Crippen molar-refractivity contribution in [2.24, 2.45) is 0 Å². The van der Waals surface area contributed by atoms with Crippen LogP contribution in [0.5, 0.6) is 11.5 Å². The molecule has 0 saturated heterocycles. The third kappa shape index (κ3) is 36.8. The van der Waals surface area contributed by atoms with Gasteiger partial charge in [0.05, 0.1) is 13.2 Å². The van der Waals surface area contributed by atoms with Crippen LogP contribution in [-0.4, -0.2) is 35.6 Å². The molecule has 433 valence electrons. The minimum Gasteiger partial charge on any atom is 0 e. The van der Waals surface area contributed by atoms with E-state index >= 15 is 0 Å². The van der Waals surface area contributed by atoms with E-state index in [1.54, 1.807) is 13.8 Å². The Bertz CT molecular complexity index is 2270. The number of hydrogen-bond donors (Lipinski definition) is 0. The number of unbranched alkanes of at least 4 members (excludes halogenated alkanes) is 18. The fourth-order valence-corrected chi connectivity index (χ4v) is 7.82. The molecule has 0 aliphatic heterocycles. The first-order valence-electron chi connectivity index (χ1n) is 27.6. The van der Waals surface area contributed by atoms with Crippen molar-refractivity contribution in [3.63, 3.8) is 0 Å². The molecule has 0 fully saturated rings. The summed E-state index contributed by atoms with van der Waals surface area (Å²) in [6, 6.07) is 44.0. The average Bonchev–Trinajstić information content (AvgIpc) is 3.40. The quantitative estimate of drug-likeness (QED) is 0.0161. The number of nitrogens with zero attached hydrogens (tertiary/aromatic N) is 4. The van der Waals surface area contributed by atoms with E-state index in [9.17, 15) is 25.2 Å². The monoisotopic (exact) mass is 1280 g/mol. The van der Waals surface area contributed by atoms with Crippen molar-refractivity contribution in [2.75, 3.05) is 13.2 Å². The van der Waals surface area contributed by atoms with Gasteiger partial charge in [0, 0.05) is 32.5 Å². The zero-order valence-corrected chi connectivity index (χ0v) is 50.2. The van der Waals surface area contributed by atoms with Crippen LogP contribution < -0.4 is 9.47 Å². The molecule has 6 aromatic rings. The second-order valence-electron chi connectivity index (χ2n) is 19.0. The summed E-state index contributed by atoms with van der Waals surface area (Å²) in [5.74, 6) is 1.90. The number of hydrogen-bond acceptors (Lipinski definition) is 4. The Hall–Kier alpha value is -5.22. The second kappa shape index (κ2) is 39.2. The molecule has 0 N–H and O–H groups in total. The van der Waals surface area contributed by atoms with Crippen molar-refractivity contribution >= 4 is 20.2 Å². The molecule has 6 rings (SSSR count). The minimum atomic E-state index is -10.7. The Morgan fingerprint density at radius 2 is 0.692 bits per heavy atom. The largest absolute Gasteiger partial charge is 0 e. The molecule has 2 heterocycles. The van der Waals surface area contributed by atoms with E-state index in [0.717, 1.165) is 94.8 Å². The number of ether oxygens (including phenoxy) is 2. The molecule has 6 nitrogen and oxygen atoms in total. The number of rotatable bonds is 28. The van der Waals surface area contributed by atoms with Crippen molar-refractivity contribution in [1.29, 1.82) is 0 Å². The van der Waals surface area contributed by atoms with Gasteiger partial charge in [-0.05, 0) is 70.7 Å². The summed E-state index contributed by atoms with van der Waals surface area (Å²) < 4.78 is 71.1. The molecule has 0 amide bonds. The molecule has 2 aromatic heterocycles. The summed E-state index contributed by atoms with van der Waals surface area (Å²) in [7, 11) is -10.7. The maximum Gasteiger partial charge on any atom is 0 e. The molecule has 0 spiro atoms. The molecular formula is C64H84F6IrN4O2P-5. The molecule has 0 aliphatic carbocycles. The zero-order chi connectivity index (χ0) is 56.7. The predicted molar refractivity (Wildman–Crippen MR) is 316 cm³/mol. The Labute approximate surface area is 477 Å². The van der Waals surface area contributed by atoms with Gasteiger partial charge in [-0.15, -0.1) is 70.8 Å². The van der Waals surface area contributed by atoms with Crippen LogP contribution in [0.25, 0.3) is 55.6 Å². The first-order valence-corrected chi connectivity index (χ1v) is 29.6. The van der Waals surface area contributed by atoms with E-state index in [4.69, 9.17) is 20.3 Å². The van der Waals surface area contributed by atoms with Crippen LogP contribution >= 0.6 is 7.81 Å². The molecule has 14 heteroatoms. The normalized spacial score (nSPS) is 11.4. The van der Waals surface area contributed by atoms with Gasteiger partial charge in [0.2, 0.25) is 0 Å². The van der Waals surface area contributed by atoms with E-state index < -0.39 is 7.81 Å². The third-order valence-corrected chi connectivity index (χ3v) is 11.9. The van der Waals surface area contributed by atoms with E-state index in [0.29, 0.717) is 0 Å². The Kier molecular flexibility index (Phi) is 35.6. The van der Waals surface area contributed by atoms with Crippen LogP contribution in [0.15, 0.2) is 122 Å². The summed E-state index contributed by atoms with van der Waals surface area (Å²) in [5.41, 5.74) is 10.9. The summed E-state index contributed by atoms with van der Waals surface area (Å²) in [6.45, 7) is 13.4. The summed E-state index contributed by atoms with van der Waals surface area (Å²) in [6.07, 6.45) is 32.8. The van der Waals surface area contributed by atoms with Gasteiger partial charge in [-0.3, -0.25) is 0 Å². The smallest absolute Gasteiger partial charge is 0 e. The molecule has 78 heavy (non-hydrogen) atoms. The van der Waals surface area contributed by atoms with Gasteiger partial charge in [0.1, 0.15) is 11.5 Å². The van der Waals surface area contributed by atoms with Crippen LogP contribution in [-0.2, 0) is 20.1 Å². The average molecular weight is 1280 g/mol. The summed E-state index contributed by atoms with van der Waals surface area (Å²) in [5, 5.41) is 14.9. The maximum atomic E-state index is 9.87. The standard InChI is InChI=1S/2C30H38NO.2C2H4N.F6P.Ir/c2*1-3-4-5-6-7-8-9-10-11-12-23-32-29-20-17-26(18-21-29)28-19-22-30(31-24-28)27-15-13-25(2)14-16-27;2*1-2-3;1-7(2,3,4,5)6;/h2*13-15,17-22,24H,3-12,23H2,1-2H3;2*2H,1H3;;/q5*-1;. The minimum absolute atomic E-state index is 0. The number of benzene rings is 4. The van der Waals surface area contributed by atoms with Gasteiger partial charge in [-0.1, -0.05) is 206 Å². The molecule has 1 radical (unpaired) electrons. The van der Waals surface area contributed by atoms with E-state index in [1.807, 2.05) is 24.5 Å². The maximum absolute atomic E-state index is 10.7. The fraction of sp³-hybridized carbons (Fsp3) is 0.438. The molecule has 0 unspecified atom stereocenters. The number of aromatic nitrogens is 2. The Morgan fingerprint density at radius 1 is 0.423 bits per heavy atom. The molecule has 0 bridgehead atoms. The van der Waals surface area contributed by atoms with Crippen LogP contribution in [0, 0.1) is 26.0 Å². The van der Waals surface area contributed by atoms with Crippen molar-refractivity contribution in [1.82, 2.24) is 9.97 Å². The van der Waals surface area contributed by atoms with Gasteiger partial charge < -0.3 is 30.3 Å². The zero-order valence-electron chi connectivity index (χ0n) is 46.9. The molecule has 4 aromatic carbocycles. The van der Waals surface area contributed by atoms with Gasteiger partial charge in [0.15, 0.2) is 0 Å². The third-order valence-electron chi connectivity index (χ3n) is 11.9. The van der Waals surface area contributed by atoms with Gasteiger partial charge in [0.25, 0.3) is 0 Å². The predicted octanol–water partition coefficient (Wildman–Crippen LogP) is 22.3. The van der Waals surface area contributed by atoms with Crippen LogP contribution in [0.1, 0.15) is 167 Å². The van der Waals surface area contributed by atoms with Crippen molar-refractivity contribution in [3.05, 3.63) is 156 Å². The van der Waals surface area contributed by atoms with Gasteiger partial charge in [-0.25, -0.2) is 12.4 Å². The topological polar surface area (TPSA) is 88.8 Å². The second-order valence-corrected chi connectivity index (χ2v) is 20.9. The first-order chi connectivity index (χ1) is 36.8. The molecule has 0 saturated carbocycles. The van der Waals surface area contributed by atoms with Gasteiger partial charge >= 0.3 is 33.0 Å². The van der Waals surface area contributed by atoms with Crippen molar-refractivity contribution < 1.29 is 54.8 Å². The van der Waals surface area contributed by atoms with Crippen LogP contribution in [0.2, 0.25) is 0 Å². The fourth-order valence-electron chi connectivity index (χ4n) is 7.82. The van der Waals surface area contributed by atoms with Crippen LogP contribution in [0.4, 0.5) is 25.2 Å². The summed E-state index contributed by atoms with van der Waals surface area (Å²) in [4.78, 5) is 9.25. The number of halogens is 6.